The Bertz CT molecular complexity index is 918. The van der Waals surface area contributed by atoms with Gasteiger partial charge in [-0.05, 0) is 31.2 Å². The maximum atomic E-state index is 12.4. The number of aromatic nitrogens is 2. The summed E-state index contributed by atoms with van der Waals surface area (Å²) < 4.78 is 11.8. The number of nitrogens with zero attached hydrogens (tertiary/aromatic N) is 2. The standard InChI is InChI=1S/C18H17N3O4S/c1-12-10-14(18(23)24-2)17(26-12)19-16(22)15-8-9-21(20-15)11-25-13-6-4-3-5-7-13/h3-10H,11H2,1-2H3,(H,19,22). The van der Waals surface area contributed by atoms with Gasteiger partial charge in [0.15, 0.2) is 12.4 Å². The molecule has 0 saturated carbocycles. The first-order valence-electron chi connectivity index (χ1n) is 7.78. The smallest absolute Gasteiger partial charge is 0.340 e. The molecule has 0 saturated heterocycles. The second-order valence-corrected chi connectivity index (χ2v) is 6.63. The molecule has 0 aliphatic heterocycles. The van der Waals surface area contributed by atoms with E-state index in [1.54, 1.807) is 18.3 Å². The summed E-state index contributed by atoms with van der Waals surface area (Å²) in [5.74, 6) is -0.187. The third kappa shape index (κ3) is 4.09. The van der Waals surface area contributed by atoms with Crippen LogP contribution in [0.25, 0.3) is 0 Å². The van der Waals surface area contributed by atoms with Crippen LogP contribution in [0.2, 0.25) is 0 Å². The summed E-state index contributed by atoms with van der Waals surface area (Å²) in [7, 11) is 1.30. The van der Waals surface area contributed by atoms with Crippen LogP contribution in [0.5, 0.6) is 5.75 Å². The Morgan fingerprint density at radius 3 is 2.73 bits per heavy atom. The number of carbonyl (C=O) groups excluding carboxylic acids is 2. The van der Waals surface area contributed by atoms with Crippen LogP contribution in [0, 0.1) is 6.92 Å². The Labute approximate surface area is 154 Å². The molecule has 3 aromatic rings. The molecule has 7 nitrogen and oxygen atoms in total. The number of methoxy groups -OCH3 is 1. The molecule has 2 aromatic heterocycles. The zero-order valence-corrected chi connectivity index (χ0v) is 15.1. The van der Waals surface area contributed by atoms with Crippen molar-refractivity contribution < 1.29 is 19.1 Å². The number of amides is 1. The summed E-state index contributed by atoms with van der Waals surface area (Å²) in [6.45, 7) is 2.03. The molecule has 0 aliphatic carbocycles. The van der Waals surface area contributed by atoms with E-state index >= 15 is 0 Å². The summed E-state index contributed by atoms with van der Waals surface area (Å²) in [4.78, 5) is 25.1. The Morgan fingerprint density at radius 1 is 1.23 bits per heavy atom. The molecule has 0 bridgehead atoms. The number of thiophene rings is 1. The van der Waals surface area contributed by atoms with Crippen LogP contribution in [0.1, 0.15) is 25.7 Å². The van der Waals surface area contributed by atoms with Gasteiger partial charge in [-0.15, -0.1) is 11.3 Å². The quantitative estimate of drug-likeness (QED) is 0.672. The summed E-state index contributed by atoms with van der Waals surface area (Å²) in [6.07, 6.45) is 1.65. The van der Waals surface area contributed by atoms with Crippen molar-refractivity contribution in [2.45, 2.75) is 13.7 Å². The molecule has 0 unspecified atom stereocenters. The number of benzene rings is 1. The predicted molar refractivity (Wildman–Crippen MR) is 97.6 cm³/mol. The highest BCUT2D eigenvalue weighted by atomic mass is 32.1. The summed E-state index contributed by atoms with van der Waals surface area (Å²) in [5.41, 5.74) is 0.554. The zero-order chi connectivity index (χ0) is 18.5. The van der Waals surface area contributed by atoms with E-state index in [0.717, 1.165) is 4.88 Å². The van der Waals surface area contributed by atoms with Crippen LogP contribution in [-0.4, -0.2) is 28.8 Å². The van der Waals surface area contributed by atoms with Gasteiger partial charge in [0.05, 0.1) is 12.7 Å². The molecular weight excluding hydrogens is 354 g/mol. The monoisotopic (exact) mass is 371 g/mol. The van der Waals surface area contributed by atoms with Gasteiger partial charge in [-0.3, -0.25) is 4.79 Å². The molecule has 2 heterocycles. The summed E-state index contributed by atoms with van der Waals surface area (Å²) in [6, 6.07) is 12.6. The normalized spacial score (nSPS) is 10.4. The molecular formula is C18H17N3O4S. The highest BCUT2D eigenvalue weighted by Crippen LogP contribution is 2.28. The molecule has 0 atom stereocenters. The van der Waals surface area contributed by atoms with Crippen LogP contribution >= 0.6 is 11.3 Å². The van der Waals surface area contributed by atoms with Gasteiger partial charge in [0.2, 0.25) is 0 Å². The first-order chi connectivity index (χ1) is 12.6. The molecule has 0 radical (unpaired) electrons. The van der Waals surface area contributed by atoms with Crippen LogP contribution in [0.4, 0.5) is 5.00 Å². The molecule has 1 aromatic carbocycles. The lowest BCUT2D eigenvalue weighted by atomic mass is 10.3. The average Bonchev–Trinajstić information content (AvgIpc) is 3.27. The third-order valence-corrected chi connectivity index (χ3v) is 4.43. The maximum absolute atomic E-state index is 12.4. The number of ether oxygens (including phenoxy) is 2. The second-order valence-electron chi connectivity index (χ2n) is 5.37. The number of carbonyl (C=O) groups is 2. The second kappa shape index (κ2) is 7.83. The fourth-order valence-electron chi connectivity index (χ4n) is 2.25. The number of rotatable bonds is 6. The molecule has 8 heteroatoms. The first kappa shape index (κ1) is 17.7. The minimum Gasteiger partial charge on any atom is -0.471 e. The van der Waals surface area contributed by atoms with Gasteiger partial charge in [0.25, 0.3) is 5.91 Å². The number of esters is 1. The topological polar surface area (TPSA) is 82.5 Å². The molecule has 3 rings (SSSR count). The predicted octanol–water partition coefficient (Wildman–Crippen LogP) is 3.33. The number of nitrogens with one attached hydrogen (secondary N) is 1. The van der Waals surface area contributed by atoms with E-state index in [4.69, 9.17) is 9.47 Å². The van der Waals surface area contributed by atoms with Gasteiger partial charge < -0.3 is 14.8 Å². The van der Waals surface area contributed by atoms with E-state index in [-0.39, 0.29) is 12.4 Å². The van der Waals surface area contributed by atoms with Crippen LogP contribution in [0.3, 0.4) is 0 Å². The van der Waals surface area contributed by atoms with Gasteiger partial charge in [-0.25, -0.2) is 9.48 Å². The minimum absolute atomic E-state index is 0.183. The Balaban J connectivity index is 1.66. The molecule has 0 fully saturated rings. The lowest BCUT2D eigenvalue weighted by Crippen LogP contribution is -2.15. The lowest BCUT2D eigenvalue weighted by molar-refractivity contribution is 0.0602. The van der Waals surface area contributed by atoms with Crippen molar-refractivity contribution in [2.75, 3.05) is 12.4 Å². The molecule has 1 amide bonds. The lowest BCUT2D eigenvalue weighted by Gasteiger charge is -2.06. The highest BCUT2D eigenvalue weighted by molar-refractivity contribution is 7.16. The summed E-state index contributed by atoms with van der Waals surface area (Å²) in [5, 5.41) is 7.34. The maximum Gasteiger partial charge on any atom is 0.340 e. The van der Waals surface area contributed by atoms with Crippen LogP contribution in [0.15, 0.2) is 48.7 Å². The van der Waals surface area contributed by atoms with Crippen molar-refractivity contribution >= 4 is 28.2 Å². The zero-order valence-electron chi connectivity index (χ0n) is 14.3. The third-order valence-electron chi connectivity index (χ3n) is 3.47. The Hall–Kier alpha value is -3.13. The fraction of sp³-hybridized carbons (Fsp3) is 0.167. The average molecular weight is 371 g/mol. The van der Waals surface area contributed by atoms with Gasteiger partial charge >= 0.3 is 5.97 Å². The SMILES string of the molecule is COC(=O)c1cc(C)sc1NC(=O)c1ccn(COc2ccccc2)n1. The van der Waals surface area contributed by atoms with Crippen molar-refractivity contribution in [2.24, 2.45) is 0 Å². The number of anilines is 1. The van der Waals surface area contributed by atoms with Crippen molar-refractivity contribution in [3.8, 4) is 5.75 Å². The minimum atomic E-state index is -0.494. The van der Waals surface area contributed by atoms with Crippen molar-refractivity contribution in [1.29, 1.82) is 0 Å². The first-order valence-corrected chi connectivity index (χ1v) is 8.60. The van der Waals surface area contributed by atoms with E-state index in [9.17, 15) is 9.59 Å². The van der Waals surface area contributed by atoms with E-state index in [2.05, 4.69) is 10.4 Å². The van der Waals surface area contributed by atoms with Crippen LogP contribution < -0.4 is 10.1 Å². The number of hydrogen-bond acceptors (Lipinski definition) is 6. The van der Waals surface area contributed by atoms with Gasteiger partial charge in [-0.1, -0.05) is 18.2 Å². The van der Waals surface area contributed by atoms with E-state index in [0.29, 0.717) is 16.3 Å². The molecule has 26 heavy (non-hydrogen) atoms. The molecule has 134 valence electrons. The van der Waals surface area contributed by atoms with Crippen LogP contribution in [-0.2, 0) is 11.5 Å². The molecule has 1 N–H and O–H groups in total. The number of hydrogen-bond donors (Lipinski definition) is 1. The summed E-state index contributed by atoms with van der Waals surface area (Å²) >= 11 is 1.30. The van der Waals surface area contributed by atoms with Gasteiger partial charge in [0, 0.05) is 11.1 Å². The number of aryl methyl sites for hydroxylation is 1. The van der Waals surface area contributed by atoms with E-state index < -0.39 is 11.9 Å². The molecule has 0 spiro atoms. The fourth-order valence-corrected chi connectivity index (χ4v) is 3.14. The van der Waals surface area contributed by atoms with Crippen molar-refractivity contribution in [3.05, 3.63) is 64.8 Å². The van der Waals surface area contributed by atoms with Crippen molar-refractivity contribution in [3.63, 3.8) is 0 Å². The Kier molecular flexibility index (Phi) is 5.33. The van der Waals surface area contributed by atoms with Gasteiger partial charge in [-0.2, -0.15) is 5.10 Å². The largest absolute Gasteiger partial charge is 0.471 e. The number of para-hydroxylation sites is 1. The van der Waals surface area contributed by atoms with E-state index in [1.165, 1.54) is 23.1 Å². The Morgan fingerprint density at radius 2 is 2.00 bits per heavy atom. The highest BCUT2D eigenvalue weighted by Gasteiger charge is 2.19. The van der Waals surface area contributed by atoms with E-state index in [1.807, 2.05) is 37.3 Å². The molecule has 0 aliphatic rings. The van der Waals surface area contributed by atoms with Crippen molar-refractivity contribution in [1.82, 2.24) is 9.78 Å². The van der Waals surface area contributed by atoms with Gasteiger partial charge in [0.1, 0.15) is 10.8 Å².